The van der Waals surface area contributed by atoms with Crippen LogP contribution in [0, 0.1) is 0 Å². The van der Waals surface area contributed by atoms with Crippen LogP contribution in [0.4, 0.5) is 0 Å². The predicted octanol–water partition coefficient (Wildman–Crippen LogP) is 4.67. The van der Waals surface area contributed by atoms with Gasteiger partial charge in [0.1, 0.15) is 0 Å². The van der Waals surface area contributed by atoms with Crippen molar-refractivity contribution in [3.05, 3.63) is 0 Å². The second-order valence-corrected chi connectivity index (χ2v) is 9.92. The maximum atomic E-state index is 10.4. The minimum atomic E-state index is -0.727. The Bertz CT molecular complexity index is 335. The van der Waals surface area contributed by atoms with Crippen molar-refractivity contribution in [2.75, 3.05) is 11.5 Å². The van der Waals surface area contributed by atoms with Crippen LogP contribution in [0.5, 0.6) is 0 Å². The second kappa shape index (κ2) is 15.2. The van der Waals surface area contributed by atoms with E-state index in [1.807, 2.05) is 0 Å². The summed E-state index contributed by atoms with van der Waals surface area (Å²) in [6.07, 6.45) is 11.0. The van der Waals surface area contributed by atoms with E-state index in [0.717, 1.165) is 49.5 Å². The summed E-state index contributed by atoms with van der Waals surface area (Å²) in [4.78, 5) is 10.4. The van der Waals surface area contributed by atoms with Gasteiger partial charge >= 0.3 is 5.97 Å². The Hall–Kier alpha value is 0.0900. The van der Waals surface area contributed by atoms with Crippen molar-refractivity contribution in [1.82, 2.24) is 0 Å². The van der Waals surface area contributed by atoms with Crippen LogP contribution in [0.25, 0.3) is 0 Å². The Labute approximate surface area is 161 Å². The fraction of sp³-hybridized carbons (Fsp3) is 0.947. The molecule has 6 heteroatoms. The average molecular weight is 393 g/mol. The molecule has 1 rings (SSSR count). The first-order valence-corrected chi connectivity index (χ1v) is 12.0. The maximum Gasteiger partial charge on any atom is 0.303 e. The average Bonchev–Trinajstić information content (AvgIpc) is 2.60. The molecule has 1 aliphatic rings. The molecule has 2 atom stereocenters. The highest BCUT2D eigenvalue weighted by molar-refractivity contribution is 8.17. The Kier molecular flexibility index (Phi) is 14.0. The summed E-state index contributed by atoms with van der Waals surface area (Å²) in [7, 11) is 0. The van der Waals surface area contributed by atoms with E-state index in [2.05, 4.69) is 23.5 Å². The molecule has 3 N–H and O–H groups in total. The molecule has 25 heavy (non-hydrogen) atoms. The SMILES string of the molecule is O=C(O)CCCCCCC[C@@H](O)[C@H](O)CCCCCC1SCCCS1. The number of hydrogen-bond donors (Lipinski definition) is 3. The van der Waals surface area contributed by atoms with E-state index >= 15 is 0 Å². The number of hydrogen-bond acceptors (Lipinski definition) is 5. The van der Waals surface area contributed by atoms with Crippen LogP contribution < -0.4 is 0 Å². The molecule has 0 amide bonds. The highest BCUT2D eigenvalue weighted by Crippen LogP contribution is 2.34. The lowest BCUT2D eigenvalue weighted by molar-refractivity contribution is -0.137. The molecule has 0 bridgehead atoms. The summed E-state index contributed by atoms with van der Waals surface area (Å²) in [5.74, 6) is 1.89. The molecule has 0 unspecified atom stereocenters. The second-order valence-electron chi connectivity index (χ2n) is 7.00. The Morgan fingerprint density at radius 3 is 1.96 bits per heavy atom. The van der Waals surface area contributed by atoms with Crippen LogP contribution in [0.2, 0.25) is 0 Å². The van der Waals surface area contributed by atoms with Crippen LogP contribution in [0.15, 0.2) is 0 Å². The number of thioether (sulfide) groups is 2. The van der Waals surface area contributed by atoms with Crippen molar-refractivity contribution >= 4 is 29.5 Å². The lowest BCUT2D eigenvalue weighted by atomic mass is 10.00. The molecule has 1 aliphatic heterocycles. The molecular weight excluding hydrogens is 356 g/mol. The minimum absolute atomic E-state index is 0.249. The first kappa shape index (κ1) is 23.1. The molecule has 4 nitrogen and oxygen atoms in total. The van der Waals surface area contributed by atoms with Gasteiger partial charge in [0.05, 0.1) is 16.8 Å². The fourth-order valence-electron chi connectivity index (χ4n) is 3.09. The number of aliphatic hydroxyl groups excluding tert-OH is 2. The van der Waals surface area contributed by atoms with Crippen molar-refractivity contribution in [2.24, 2.45) is 0 Å². The zero-order chi connectivity index (χ0) is 18.3. The van der Waals surface area contributed by atoms with Gasteiger partial charge in [-0.2, -0.15) is 0 Å². The number of aliphatic carboxylic acids is 1. The topological polar surface area (TPSA) is 77.8 Å². The normalized spacial score (nSPS) is 18.2. The molecule has 0 aromatic heterocycles. The molecule has 0 saturated carbocycles. The van der Waals surface area contributed by atoms with Crippen molar-refractivity contribution < 1.29 is 20.1 Å². The third-order valence-corrected chi connectivity index (χ3v) is 7.75. The number of carboxylic acids is 1. The lowest BCUT2D eigenvalue weighted by Gasteiger charge is -2.21. The van der Waals surface area contributed by atoms with E-state index in [1.165, 1.54) is 30.8 Å². The van der Waals surface area contributed by atoms with Crippen molar-refractivity contribution in [2.45, 2.75) is 100 Å². The van der Waals surface area contributed by atoms with Gasteiger partial charge in [0, 0.05) is 6.42 Å². The first-order chi connectivity index (χ1) is 12.1. The number of aliphatic hydroxyl groups is 2. The summed E-state index contributed by atoms with van der Waals surface area (Å²) in [5.41, 5.74) is 0. The minimum Gasteiger partial charge on any atom is -0.481 e. The predicted molar refractivity (Wildman–Crippen MR) is 108 cm³/mol. The van der Waals surface area contributed by atoms with Gasteiger partial charge in [-0.05, 0) is 43.6 Å². The molecule has 1 heterocycles. The van der Waals surface area contributed by atoms with E-state index < -0.39 is 18.2 Å². The molecule has 1 saturated heterocycles. The summed E-state index contributed by atoms with van der Waals surface area (Å²) < 4.78 is 0.778. The molecule has 0 spiro atoms. The van der Waals surface area contributed by atoms with Crippen LogP contribution in [-0.4, -0.2) is 49.6 Å². The number of carbonyl (C=O) groups is 1. The van der Waals surface area contributed by atoms with Crippen molar-refractivity contribution in [3.63, 3.8) is 0 Å². The third-order valence-electron chi connectivity index (χ3n) is 4.67. The van der Waals surface area contributed by atoms with Crippen molar-refractivity contribution in [1.29, 1.82) is 0 Å². The lowest BCUT2D eigenvalue weighted by Crippen LogP contribution is -2.25. The summed E-state index contributed by atoms with van der Waals surface area (Å²) in [6, 6.07) is 0. The number of carboxylic acid groups (broad SMARTS) is 1. The van der Waals surface area contributed by atoms with Crippen LogP contribution in [-0.2, 0) is 4.79 Å². The van der Waals surface area contributed by atoms with E-state index in [9.17, 15) is 15.0 Å². The highest BCUT2D eigenvalue weighted by Gasteiger charge is 2.16. The van der Waals surface area contributed by atoms with E-state index in [-0.39, 0.29) is 6.42 Å². The standard InChI is InChI=1S/C19H36O4S2/c20-16(10-5-2-1-3-7-12-18(22)23)17(21)11-6-4-8-13-19-24-14-9-15-25-19/h16-17,19-21H,1-15H2,(H,22,23)/t16-,17-/m1/s1. The van der Waals surface area contributed by atoms with Gasteiger partial charge in [-0.1, -0.05) is 44.9 Å². The third kappa shape index (κ3) is 13.0. The molecule has 0 aliphatic carbocycles. The zero-order valence-corrected chi connectivity index (χ0v) is 17.0. The first-order valence-electron chi connectivity index (χ1n) is 9.90. The summed E-state index contributed by atoms with van der Waals surface area (Å²) >= 11 is 4.19. The van der Waals surface area contributed by atoms with Gasteiger partial charge in [-0.15, -0.1) is 23.5 Å². The molecule has 0 aromatic rings. The smallest absolute Gasteiger partial charge is 0.303 e. The molecule has 148 valence electrons. The van der Waals surface area contributed by atoms with Crippen LogP contribution in [0.3, 0.4) is 0 Å². The van der Waals surface area contributed by atoms with Gasteiger partial charge in [0.25, 0.3) is 0 Å². The molecule has 0 aromatic carbocycles. The molecule has 0 radical (unpaired) electrons. The maximum absolute atomic E-state index is 10.4. The van der Waals surface area contributed by atoms with Gasteiger partial charge in [0.2, 0.25) is 0 Å². The fourth-order valence-corrected chi connectivity index (χ4v) is 6.05. The van der Waals surface area contributed by atoms with Gasteiger partial charge in [0.15, 0.2) is 0 Å². The van der Waals surface area contributed by atoms with Gasteiger partial charge in [-0.25, -0.2) is 0 Å². The Morgan fingerprint density at radius 2 is 1.36 bits per heavy atom. The molecule has 1 fully saturated rings. The van der Waals surface area contributed by atoms with E-state index in [4.69, 9.17) is 5.11 Å². The van der Waals surface area contributed by atoms with E-state index in [0.29, 0.717) is 12.8 Å². The molecular formula is C19H36O4S2. The Morgan fingerprint density at radius 1 is 0.840 bits per heavy atom. The highest BCUT2D eigenvalue weighted by atomic mass is 32.2. The largest absolute Gasteiger partial charge is 0.481 e. The number of rotatable bonds is 15. The number of unbranched alkanes of at least 4 members (excludes halogenated alkanes) is 6. The Balaban J connectivity index is 1.89. The summed E-state index contributed by atoms with van der Waals surface area (Å²) in [6.45, 7) is 0. The van der Waals surface area contributed by atoms with Crippen LogP contribution in [0.1, 0.15) is 83.5 Å². The zero-order valence-electron chi connectivity index (χ0n) is 15.4. The van der Waals surface area contributed by atoms with Crippen molar-refractivity contribution in [3.8, 4) is 0 Å². The monoisotopic (exact) mass is 392 g/mol. The van der Waals surface area contributed by atoms with Gasteiger partial charge in [-0.3, -0.25) is 4.79 Å². The van der Waals surface area contributed by atoms with Gasteiger partial charge < -0.3 is 15.3 Å². The van der Waals surface area contributed by atoms with E-state index in [1.54, 1.807) is 0 Å². The summed E-state index contributed by atoms with van der Waals surface area (Å²) in [5, 5.41) is 28.6. The quantitative estimate of drug-likeness (QED) is 0.352. The van der Waals surface area contributed by atoms with Crippen LogP contribution >= 0.6 is 23.5 Å².